The number of benzene rings is 1. The molecule has 0 aliphatic carbocycles. The molecule has 1 heterocycles. The minimum absolute atomic E-state index is 0.165. The summed E-state index contributed by atoms with van der Waals surface area (Å²) in [5.74, 6) is -0.165. The van der Waals surface area contributed by atoms with Gasteiger partial charge in [0.15, 0.2) is 12.4 Å². The molecule has 2 aromatic rings. The molecule has 0 radical (unpaired) electrons. The zero-order valence-corrected chi connectivity index (χ0v) is 12.2. The van der Waals surface area contributed by atoms with Gasteiger partial charge in [0.2, 0.25) is 0 Å². The van der Waals surface area contributed by atoms with Gasteiger partial charge >= 0.3 is 0 Å². The summed E-state index contributed by atoms with van der Waals surface area (Å²) in [6, 6.07) is 11.2. The van der Waals surface area contributed by atoms with Crippen LogP contribution in [0.2, 0.25) is 0 Å². The number of halogens is 1. The second-order valence-corrected chi connectivity index (χ2v) is 5.28. The number of pyridine rings is 1. The van der Waals surface area contributed by atoms with Crippen molar-refractivity contribution in [1.82, 2.24) is 0 Å². The van der Waals surface area contributed by atoms with Crippen LogP contribution in [0.4, 0.5) is 4.39 Å². The highest BCUT2D eigenvalue weighted by atomic mass is 19.1. The van der Waals surface area contributed by atoms with Crippen LogP contribution in [0, 0.1) is 5.82 Å². The van der Waals surface area contributed by atoms with Crippen LogP contribution in [0.15, 0.2) is 48.8 Å². The topological polar surface area (TPSA) is 3.88 Å². The van der Waals surface area contributed by atoms with Gasteiger partial charge in [0, 0.05) is 18.6 Å². The Hall–Kier alpha value is -1.70. The Balaban J connectivity index is 1.82. The molecule has 0 saturated heterocycles. The van der Waals surface area contributed by atoms with E-state index < -0.39 is 0 Å². The summed E-state index contributed by atoms with van der Waals surface area (Å²) in [6.45, 7) is 3.33. The van der Waals surface area contributed by atoms with Crippen molar-refractivity contribution >= 4 is 0 Å². The van der Waals surface area contributed by atoms with Gasteiger partial charge in [-0.1, -0.05) is 25.5 Å². The lowest BCUT2D eigenvalue weighted by molar-refractivity contribution is -0.697. The summed E-state index contributed by atoms with van der Waals surface area (Å²) >= 11 is 0. The van der Waals surface area contributed by atoms with Crippen molar-refractivity contribution in [2.75, 3.05) is 0 Å². The first-order chi connectivity index (χ1) is 9.78. The van der Waals surface area contributed by atoms with E-state index in [4.69, 9.17) is 0 Å². The van der Waals surface area contributed by atoms with Crippen LogP contribution in [0.5, 0.6) is 0 Å². The molecule has 0 bridgehead atoms. The number of hydrogen-bond donors (Lipinski definition) is 0. The molecule has 1 aromatic carbocycles. The van der Waals surface area contributed by atoms with Gasteiger partial charge in [0.05, 0.1) is 0 Å². The Morgan fingerprint density at radius 3 is 2.05 bits per heavy atom. The molecule has 0 amide bonds. The highest BCUT2D eigenvalue weighted by Gasteiger charge is 2.01. The molecule has 0 unspecified atom stereocenters. The van der Waals surface area contributed by atoms with Crippen molar-refractivity contribution in [3.8, 4) is 0 Å². The maximum absolute atomic E-state index is 12.8. The summed E-state index contributed by atoms with van der Waals surface area (Å²) in [6.07, 6.45) is 10.1. The van der Waals surface area contributed by atoms with Crippen LogP contribution in [-0.2, 0) is 19.4 Å². The third-order valence-electron chi connectivity index (χ3n) is 3.60. The van der Waals surface area contributed by atoms with E-state index in [-0.39, 0.29) is 5.82 Å². The molecule has 20 heavy (non-hydrogen) atoms. The average molecular weight is 272 g/mol. The first kappa shape index (κ1) is 14.7. The predicted molar refractivity (Wildman–Crippen MR) is 80.0 cm³/mol. The standard InChI is InChI=1S/C18H23FN/c1-2-3-4-13-20-14-11-17(12-15-20)6-5-16-7-9-18(19)10-8-16/h7-12,14-15H,2-6,13H2,1H3/q+1. The first-order valence-corrected chi connectivity index (χ1v) is 7.50. The summed E-state index contributed by atoms with van der Waals surface area (Å²) in [5.41, 5.74) is 2.52. The largest absolute Gasteiger partial charge is 0.207 e. The predicted octanol–water partition coefficient (Wildman–Crippen LogP) is 4.09. The normalized spacial score (nSPS) is 10.7. The van der Waals surface area contributed by atoms with Gasteiger partial charge in [0.1, 0.15) is 12.4 Å². The van der Waals surface area contributed by atoms with Crippen molar-refractivity contribution in [3.63, 3.8) is 0 Å². The van der Waals surface area contributed by atoms with Crippen molar-refractivity contribution in [1.29, 1.82) is 0 Å². The van der Waals surface area contributed by atoms with Gasteiger partial charge in [-0.05, 0) is 42.5 Å². The maximum atomic E-state index is 12.8. The van der Waals surface area contributed by atoms with E-state index in [1.807, 2.05) is 12.1 Å². The van der Waals surface area contributed by atoms with Crippen LogP contribution in [0.3, 0.4) is 0 Å². The van der Waals surface area contributed by atoms with E-state index in [0.29, 0.717) is 0 Å². The zero-order chi connectivity index (χ0) is 14.2. The molecule has 0 saturated carbocycles. The number of unbranched alkanes of at least 4 members (excludes halogenated alkanes) is 2. The smallest absolute Gasteiger partial charge is 0.169 e. The van der Waals surface area contributed by atoms with E-state index in [9.17, 15) is 4.39 Å². The fourth-order valence-corrected chi connectivity index (χ4v) is 2.29. The lowest BCUT2D eigenvalue weighted by Gasteiger charge is -2.02. The van der Waals surface area contributed by atoms with Crippen molar-refractivity contribution in [3.05, 3.63) is 65.7 Å². The Morgan fingerprint density at radius 1 is 0.850 bits per heavy atom. The molecule has 0 atom stereocenters. The molecule has 0 aliphatic rings. The average Bonchev–Trinajstić information content (AvgIpc) is 2.48. The Labute approximate surface area is 121 Å². The quantitative estimate of drug-likeness (QED) is 0.528. The zero-order valence-electron chi connectivity index (χ0n) is 12.2. The van der Waals surface area contributed by atoms with E-state index in [1.54, 1.807) is 0 Å². The molecule has 2 heteroatoms. The number of aryl methyl sites for hydroxylation is 3. The van der Waals surface area contributed by atoms with Crippen LogP contribution in [0.25, 0.3) is 0 Å². The van der Waals surface area contributed by atoms with Crippen molar-refractivity contribution in [2.24, 2.45) is 0 Å². The molecule has 2 rings (SSSR count). The van der Waals surface area contributed by atoms with Gasteiger partial charge < -0.3 is 0 Å². The number of nitrogens with zero attached hydrogens (tertiary/aromatic N) is 1. The Kier molecular flexibility index (Phi) is 5.72. The van der Waals surface area contributed by atoms with Crippen LogP contribution < -0.4 is 4.57 Å². The third-order valence-corrected chi connectivity index (χ3v) is 3.60. The minimum atomic E-state index is -0.165. The van der Waals surface area contributed by atoms with E-state index in [2.05, 4.69) is 36.0 Å². The van der Waals surface area contributed by atoms with E-state index in [1.165, 1.54) is 42.5 Å². The van der Waals surface area contributed by atoms with Crippen molar-refractivity contribution in [2.45, 2.75) is 45.6 Å². The van der Waals surface area contributed by atoms with Gasteiger partial charge in [-0.25, -0.2) is 8.96 Å². The van der Waals surface area contributed by atoms with Gasteiger partial charge in [0.25, 0.3) is 0 Å². The summed E-state index contributed by atoms with van der Waals surface area (Å²) in [7, 11) is 0. The summed E-state index contributed by atoms with van der Waals surface area (Å²) in [5, 5.41) is 0. The molecule has 0 aliphatic heterocycles. The second kappa shape index (κ2) is 7.78. The molecule has 0 N–H and O–H groups in total. The fourth-order valence-electron chi connectivity index (χ4n) is 2.29. The summed E-state index contributed by atoms with van der Waals surface area (Å²) < 4.78 is 15.1. The number of aromatic nitrogens is 1. The highest BCUT2D eigenvalue weighted by molar-refractivity contribution is 5.18. The molecular formula is C18H23FN+. The van der Waals surface area contributed by atoms with E-state index in [0.717, 1.165) is 19.4 Å². The molecule has 106 valence electrons. The first-order valence-electron chi connectivity index (χ1n) is 7.50. The molecule has 1 aromatic heterocycles. The summed E-state index contributed by atoms with van der Waals surface area (Å²) in [4.78, 5) is 0. The van der Waals surface area contributed by atoms with Crippen molar-refractivity contribution < 1.29 is 8.96 Å². The van der Waals surface area contributed by atoms with Gasteiger partial charge in [-0.2, -0.15) is 0 Å². The Morgan fingerprint density at radius 2 is 1.45 bits per heavy atom. The van der Waals surface area contributed by atoms with Gasteiger partial charge in [-0.15, -0.1) is 0 Å². The second-order valence-electron chi connectivity index (χ2n) is 5.28. The molecular weight excluding hydrogens is 249 g/mol. The van der Waals surface area contributed by atoms with Gasteiger partial charge in [-0.3, -0.25) is 0 Å². The Bertz CT molecular complexity index is 502. The monoisotopic (exact) mass is 272 g/mol. The lowest BCUT2D eigenvalue weighted by Crippen LogP contribution is -2.32. The van der Waals surface area contributed by atoms with Crippen LogP contribution in [-0.4, -0.2) is 0 Å². The number of rotatable bonds is 7. The molecule has 0 fully saturated rings. The van der Waals surface area contributed by atoms with Crippen LogP contribution >= 0.6 is 0 Å². The molecule has 1 nitrogen and oxygen atoms in total. The number of hydrogen-bond acceptors (Lipinski definition) is 0. The SMILES string of the molecule is CCCCC[n+]1ccc(CCc2ccc(F)cc2)cc1. The minimum Gasteiger partial charge on any atom is -0.207 e. The van der Waals surface area contributed by atoms with Crippen LogP contribution in [0.1, 0.15) is 37.3 Å². The lowest BCUT2D eigenvalue weighted by atomic mass is 10.1. The fraction of sp³-hybridized carbons (Fsp3) is 0.389. The highest BCUT2D eigenvalue weighted by Crippen LogP contribution is 2.07. The molecule has 0 spiro atoms. The maximum Gasteiger partial charge on any atom is 0.169 e. The van der Waals surface area contributed by atoms with E-state index >= 15 is 0 Å². The third kappa shape index (κ3) is 4.76.